The summed E-state index contributed by atoms with van der Waals surface area (Å²) in [6, 6.07) is 6.51. The summed E-state index contributed by atoms with van der Waals surface area (Å²) in [5.41, 5.74) is 1.46. The van der Waals surface area contributed by atoms with Crippen LogP contribution in [-0.4, -0.2) is 48.0 Å². The van der Waals surface area contributed by atoms with Crippen LogP contribution in [0, 0.1) is 6.92 Å². The first-order valence-electron chi connectivity index (χ1n) is 7.86. The van der Waals surface area contributed by atoms with Crippen molar-refractivity contribution in [3.05, 3.63) is 45.7 Å². The van der Waals surface area contributed by atoms with E-state index in [0.717, 1.165) is 19.5 Å². The molecule has 0 radical (unpaired) electrons. The Hall–Kier alpha value is -1.89. The second kappa shape index (κ2) is 8.99. The number of anilines is 2. The Balaban J connectivity index is 2.06. The molecule has 1 heterocycles. The molecule has 8 heteroatoms. The van der Waals surface area contributed by atoms with Gasteiger partial charge in [0.05, 0.1) is 10.7 Å². The smallest absolute Gasteiger partial charge is 0.274 e. The van der Waals surface area contributed by atoms with Gasteiger partial charge in [-0.05, 0) is 58.3 Å². The molecule has 0 unspecified atom stereocenters. The van der Waals surface area contributed by atoms with Gasteiger partial charge in [-0.1, -0.05) is 23.2 Å². The molecule has 0 fully saturated rings. The maximum absolute atomic E-state index is 12.4. The Morgan fingerprint density at radius 1 is 1.20 bits per heavy atom. The third-order valence-corrected chi connectivity index (χ3v) is 3.88. The normalized spacial score (nSPS) is 10.8. The molecule has 2 aromatic rings. The molecule has 2 N–H and O–H groups in total. The molecular weight excluding hydrogens is 361 g/mol. The minimum absolute atomic E-state index is 0.272. The van der Waals surface area contributed by atoms with Crippen LogP contribution in [0.3, 0.4) is 0 Å². The molecule has 1 aromatic carbocycles. The molecule has 0 saturated carbocycles. The fourth-order valence-corrected chi connectivity index (χ4v) is 2.59. The zero-order valence-corrected chi connectivity index (χ0v) is 15.9. The summed E-state index contributed by atoms with van der Waals surface area (Å²) in [4.78, 5) is 23.1. The summed E-state index contributed by atoms with van der Waals surface area (Å²) < 4.78 is 0. The fourth-order valence-electron chi connectivity index (χ4n) is 2.14. The molecule has 0 aliphatic heterocycles. The molecule has 0 spiro atoms. The van der Waals surface area contributed by atoms with Crippen LogP contribution in [0.15, 0.2) is 24.3 Å². The maximum Gasteiger partial charge on any atom is 0.274 e. The van der Waals surface area contributed by atoms with Crippen LogP contribution in [0.1, 0.15) is 22.6 Å². The van der Waals surface area contributed by atoms with Gasteiger partial charge in [-0.3, -0.25) is 4.79 Å². The van der Waals surface area contributed by atoms with Gasteiger partial charge in [0.15, 0.2) is 0 Å². The predicted octanol–water partition coefficient (Wildman–Crippen LogP) is 3.71. The average Bonchev–Trinajstić information content (AvgIpc) is 2.53. The molecule has 2 rings (SSSR count). The highest BCUT2D eigenvalue weighted by Crippen LogP contribution is 2.25. The Labute approximate surface area is 157 Å². The van der Waals surface area contributed by atoms with E-state index in [2.05, 4.69) is 25.5 Å². The Bertz CT molecular complexity index is 752. The van der Waals surface area contributed by atoms with E-state index in [-0.39, 0.29) is 11.6 Å². The van der Waals surface area contributed by atoms with E-state index in [0.29, 0.717) is 27.4 Å². The third kappa shape index (κ3) is 6.16. The fraction of sp³-hybridized carbons (Fsp3) is 0.353. The molecule has 0 aliphatic carbocycles. The van der Waals surface area contributed by atoms with Crippen molar-refractivity contribution < 1.29 is 4.79 Å². The van der Waals surface area contributed by atoms with E-state index in [1.807, 2.05) is 21.0 Å². The monoisotopic (exact) mass is 381 g/mol. The van der Waals surface area contributed by atoms with Crippen molar-refractivity contribution >= 4 is 40.7 Å². The van der Waals surface area contributed by atoms with Crippen LogP contribution in [0.5, 0.6) is 0 Å². The van der Waals surface area contributed by atoms with Gasteiger partial charge < -0.3 is 15.5 Å². The standard InChI is InChI=1S/C17H21Cl2N5O/c1-11-9-15(23-17(21-11)20-7-4-8-24(2)3)16(25)22-14-6-5-12(18)10-13(14)19/h5-6,9-10H,4,7-8H2,1-3H3,(H,22,25)(H,20,21,23). The van der Waals surface area contributed by atoms with Crippen LogP contribution in [-0.2, 0) is 0 Å². The lowest BCUT2D eigenvalue weighted by Gasteiger charge is -2.11. The van der Waals surface area contributed by atoms with E-state index >= 15 is 0 Å². The lowest BCUT2D eigenvalue weighted by molar-refractivity contribution is 0.102. The summed E-state index contributed by atoms with van der Waals surface area (Å²) in [5, 5.41) is 6.76. The number of aryl methyl sites for hydroxylation is 1. The number of halogens is 2. The highest BCUT2D eigenvalue weighted by Gasteiger charge is 2.12. The first-order valence-corrected chi connectivity index (χ1v) is 8.61. The van der Waals surface area contributed by atoms with Gasteiger partial charge in [-0.25, -0.2) is 9.97 Å². The summed E-state index contributed by atoms with van der Waals surface area (Å²) >= 11 is 11.9. The van der Waals surface area contributed by atoms with E-state index in [1.165, 1.54) is 0 Å². The van der Waals surface area contributed by atoms with Crippen molar-refractivity contribution in [2.45, 2.75) is 13.3 Å². The number of carbonyl (C=O) groups is 1. The SMILES string of the molecule is Cc1cc(C(=O)Nc2ccc(Cl)cc2Cl)nc(NCCCN(C)C)n1. The number of hydrogen-bond donors (Lipinski definition) is 2. The highest BCUT2D eigenvalue weighted by molar-refractivity contribution is 6.36. The molecule has 0 atom stereocenters. The number of carbonyl (C=O) groups excluding carboxylic acids is 1. The molecule has 1 amide bonds. The Kier molecular flexibility index (Phi) is 6.99. The van der Waals surface area contributed by atoms with Crippen molar-refractivity contribution in [2.75, 3.05) is 37.8 Å². The number of amides is 1. The lowest BCUT2D eigenvalue weighted by Crippen LogP contribution is -2.19. The number of benzene rings is 1. The van der Waals surface area contributed by atoms with Crippen LogP contribution in [0.2, 0.25) is 10.0 Å². The van der Waals surface area contributed by atoms with Crippen molar-refractivity contribution in [3.63, 3.8) is 0 Å². The number of aromatic nitrogens is 2. The molecule has 134 valence electrons. The molecular formula is C17H21Cl2N5O. The average molecular weight is 382 g/mol. The zero-order valence-electron chi connectivity index (χ0n) is 14.4. The second-order valence-electron chi connectivity index (χ2n) is 5.88. The quantitative estimate of drug-likeness (QED) is 0.715. The first kappa shape index (κ1) is 19.4. The van der Waals surface area contributed by atoms with Gasteiger partial charge in [0, 0.05) is 17.3 Å². The Morgan fingerprint density at radius 2 is 1.96 bits per heavy atom. The Morgan fingerprint density at radius 3 is 2.64 bits per heavy atom. The number of nitrogens with zero attached hydrogens (tertiary/aromatic N) is 3. The number of rotatable bonds is 7. The topological polar surface area (TPSA) is 70.2 Å². The van der Waals surface area contributed by atoms with Gasteiger partial charge >= 0.3 is 0 Å². The minimum Gasteiger partial charge on any atom is -0.354 e. The van der Waals surface area contributed by atoms with Crippen molar-refractivity contribution in [2.24, 2.45) is 0 Å². The third-order valence-electron chi connectivity index (χ3n) is 3.33. The van der Waals surface area contributed by atoms with E-state index in [9.17, 15) is 4.79 Å². The summed E-state index contributed by atoms with van der Waals surface area (Å²) in [6.45, 7) is 3.51. The zero-order chi connectivity index (χ0) is 18.4. The van der Waals surface area contributed by atoms with Crippen LogP contribution in [0.25, 0.3) is 0 Å². The second-order valence-corrected chi connectivity index (χ2v) is 6.72. The molecule has 0 saturated heterocycles. The predicted molar refractivity (Wildman–Crippen MR) is 103 cm³/mol. The van der Waals surface area contributed by atoms with E-state index in [4.69, 9.17) is 23.2 Å². The molecule has 0 bridgehead atoms. The van der Waals surface area contributed by atoms with Gasteiger partial charge in [0.25, 0.3) is 5.91 Å². The van der Waals surface area contributed by atoms with Crippen molar-refractivity contribution in [3.8, 4) is 0 Å². The lowest BCUT2D eigenvalue weighted by atomic mass is 10.3. The van der Waals surface area contributed by atoms with E-state index < -0.39 is 0 Å². The summed E-state index contributed by atoms with van der Waals surface area (Å²) in [6.07, 6.45) is 0.951. The highest BCUT2D eigenvalue weighted by atomic mass is 35.5. The number of hydrogen-bond acceptors (Lipinski definition) is 5. The maximum atomic E-state index is 12.4. The molecule has 0 aliphatic rings. The summed E-state index contributed by atoms with van der Waals surface area (Å²) in [5.74, 6) is 0.0807. The summed E-state index contributed by atoms with van der Waals surface area (Å²) in [7, 11) is 4.04. The number of nitrogens with one attached hydrogen (secondary N) is 2. The first-order chi connectivity index (χ1) is 11.8. The molecule has 1 aromatic heterocycles. The largest absolute Gasteiger partial charge is 0.354 e. The molecule has 6 nitrogen and oxygen atoms in total. The van der Waals surface area contributed by atoms with Crippen molar-refractivity contribution in [1.82, 2.24) is 14.9 Å². The van der Waals surface area contributed by atoms with Crippen LogP contribution < -0.4 is 10.6 Å². The van der Waals surface area contributed by atoms with Crippen LogP contribution in [0.4, 0.5) is 11.6 Å². The van der Waals surface area contributed by atoms with Crippen LogP contribution >= 0.6 is 23.2 Å². The van der Waals surface area contributed by atoms with E-state index in [1.54, 1.807) is 24.3 Å². The van der Waals surface area contributed by atoms with Gasteiger partial charge in [-0.15, -0.1) is 0 Å². The molecule has 25 heavy (non-hydrogen) atoms. The van der Waals surface area contributed by atoms with Gasteiger partial charge in [0.1, 0.15) is 5.69 Å². The minimum atomic E-state index is -0.355. The van der Waals surface area contributed by atoms with Crippen molar-refractivity contribution in [1.29, 1.82) is 0 Å². The van der Waals surface area contributed by atoms with Gasteiger partial charge in [0.2, 0.25) is 5.95 Å². The van der Waals surface area contributed by atoms with Gasteiger partial charge in [-0.2, -0.15) is 0 Å².